The smallest absolute Gasteiger partial charge is 0.262 e. The lowest BCUT2D eigenvalue weighted by Crippen LogP contribution is -2.25. The van der Waals surface area contributed by atoms with Crippen LogP contribution in [0.4, 0.5) is 5.69 Å². The Bertz CT molecular complexity index is 1380. The topological polar surface area (TPSA) is 92.6 Å². The summed E-state index contributed by atoms with van der Waals surface area (Å²) in [6.07, 6.45) is 0.605. The van der Waals surface area contributed by atoms with Crippen LogP contribution < -0.4 is 14.8 Å². The molecule has 0 fully saturated rings. The van der Waals surface area contributed by atoms with E-state index in [1.165, 1.54) is 11.8 Å². The van der Waals surface area contributed by atoms with E-state index in [-0.39, 0.29) is 24.3 Å². The van der Waals surface area contributed by atoms with E-state index in [0.717, 1.165) is 22.6 Å². The Morgan fingerprint density at radius 1 is 0.973 bits per heavy atom. The first kappa shape index (κ1) is 24.6. The SMILES string of the molecule is COc1ccccc1NC(=O)C[C@H]1SC(N2N=C(c3ccccc3)C[C@H]2c2ccccc2OC)=NC1=O. The molecule has 0 spiro atoms. The second-order valence-electron chi connectivity index (χ2n) is 8.51. The molecule has 3 aromatic rings. The summed E-state index contributed by atoms with van der Waals surface area (Å²) in [5, 5.41) is 9.35. The van der Waals surface area contributed by atoms with Gasteiger partial charge in [0, 0.05) is 18.4 Å². The summed E-state index contributed by atoms with van der Waals surface area (Å²) < 4.78 is 10.9. The number of hydrogen-bond acceptors (Lipinski definition) is 7. The number of rotatable bonds is 7. The molecule has 0 saturated carbocycles. The van der Waals surface area contributed by atoms with Gasteiger partial charge in [0.05, 0.1) is 31.7 Å². The number of benzene rings is 3. The van der Waals surface area contributed by atoms with Gasteiger partial charge in [-0.05, 0) is 23.8 Å². The van der Waals surface area contributed by atoms with E-state index in [1.807, 2.05) is 66.7 Å². The Kier molecular flexibility index (Phi) is 7.23. The van der Waals surface area contributed by atoms with Gasteiger partial charge >= 0.3 is 0 Å². The van der Waals surface area contributed by atoms with E-state index in [0.29, 0.717) is 23.0 Å². The fourth-order valence-electron chi connectivity index (χ4n) is 4.40. The number of aliphatic imine (C=N–C) groups is 1. The summed E-state index contributed by atoms with van der Waals surface area (Å²) in [6.45, 7) is 0. The molecule has 3 aromatic carbocycles. The fourth-order valence-corrected chi connectivity index (χ4v) is 5.46. The molecule has 0 saturated heterocycles. The summed E-state index contributed by atoms with van der Waals surface area (Å²) in [4.78, 5) is 30.0. The molecule has 5 rings (SSSR count). The lowest BCUT2D eigenvalue weighted by Gasteiger charge is -2.24. The molecule has 188 valence electrons. The van der Waals surface area contributed by atoms with Gasteiger partial charge in [0.15, 0.2) is 5.17 Å². The molecule has 2 heterocycles. The van der Waals surface area contributed by atoms with Crippen LogP contribution in [0.2, 0.25) is 0 Å². The zero-order valence-corrected chi connectivity index (χ0v) is 21.3. The maximum absolute atomic E-state index is 12.9. The van der Waals surface area contributed by atoms with Crippen LogP contribution in [0.5, 0.6) is 11.5 Å². The lowest BCUT2D eigenvalue weighted by molar-refractivity contribution is -0.121. The molecule has 0 aromatic heterocycles. The number of carbonyl (C=O) groups is 2. The number of amidine groups is 1. The highest BCUT2D eigenvalue weighted by Crippen LogP contribution is 2.41. The molecule has 2 amide bonds. The third kappa shape index (κ3) is 5.22. The van der Waals surface area contributed by atoms with Gasteiger partial charge in [0.1, 0.15) is 16.7 Å². The van der Waals surface area contributed by atoms with Crippen LogP contribution >= 0.6 is 11.8 Å². The third-order valence-corrected chi connectivity index (χ3v) is 7.33. The van der Waals surface area contributed by atoms with Gasteiger partial charge in [-0.2, -0.15) is 10.1 Å². The number of hydrogen-bond donors (Lipinski definition) is 1. The summed E-state index contributed by atoms with van der Waals surface area (Å²) in [7, 11) is 3.18. The minimum absolute atomic E-state index is 0.0169. The van der Waals surface area contributed by atoms with Crippen LogP contribution in [0.15, 0.2) is 89.0 Å². The summed E-state index contributed by atoms with van der Waals surface area (Å²) in [5.74, 6) is 0.655. The number of carbonyl (C=O) groups excluding carboxylic acids is 2. The first-order valence-electron chi connectivity index (χ1n) is 11.8. The minimum atomic E-state index is -0.640. The maximum atomic E-state index is 12.9. The third-order valence-electron chi connectivity index (χ3n) is 6.19. The van der Waals surface area contributed by atoms with E-state index in [2.05, 4.69) is 10.3 Å². The molecule has 37 heavy (non-hydrogen) atoms. The van der Waals surface area contributed by atoms with E-state index in [9.17, 15) is 9.59 Å². The average Bonchev–Trinajstić information content (AvgIpc) is 3.53. The van der Waals surface area contributed by atoms with Crippen molar-refractivity contribution in [1.82, 2.24) is 5.01 Å². The largest absolute Gasteiger partial charge is 0.496 e. The molecule has 2 atom stereocenters. The minimum Gasteiger partial charge on any atom is -0.496 e. The van der Waals surface area contributed by atoms with Crippen molar-refractivity contribution in [2.24, 2.45) is 10.1 Å². The molecule has 0 bridgehead atoms. The zero-order chi connectivity index (χ0) is 25.8. The zero-order valence-electron chi connectivity index (χ0n) is 20.5. The molecule has 0 aliphatic carbocycles. The lowest BCUT2D eigenvalue weighted by atomic mass is 9.98. The first-order valence-corrected chi connectivity index (χ1v) is 12.7. The van der Waals surface area contributed by atoms with Gasteiger partial charge in [0.2, 0.25) is 5.91 Å². The Morgan fingerprint density at radius 3 is 2.41 bits per heavy atom. The van der Waals surface area contributed by atoms with Crippen LogP contribution in [-0.2, 0) is 9.59 Å². The van der Waals surface area contributed by atoms with Crippen molar-refractivity contribution in [1.29, 1.82) is 0 Å². The van der Waals surface area contributed by atoms with E-state index >= 15 is 0 Å². The van der Waals surface area contributed by atoms with Crippen molar-refractivity contribution >= 4 is 40.1 Å². The first-order chi connectivity index (χ1) is 18.1. The number of methoxy groups -OCH3 is 2. The normalized spacial score (nSPS) is 18.9. The summed E-state index contributed by atoms with van der Waals surface area (Å²) in [5.41, 5.74) is 3.41. The molecule has 0 radical (unpaired) electrons. The second kappa shape index (κ2) is 10.9. The molecule has 1 N–H and O–H groups in total. The molecular weight excluding hydrogens is 488 g/mol. The predicted octanol–water partition coefficient (Wildman–Crippen LogP) is 4.88. The Morgan fingerprint density at radius 2 is 1.65 bits per heavy atom. The molecule has 0 unspecified atom stereocenters. The Balaban J connectivity index is 1.37. The van der Waals surface area contributed by atoms with E-state index < -0.39 is 5.25 Å². The summed E-state index contributed by atoms with van der Waals surface area (Å²) in [6, 6.07) is 24.7. The number of hydrazone groups is 1. The van der Waals surface area contributed by atoms with E-state index in [1.54, 1.807) is 31.4 Å². The van der Waals surface area contributed by atoms with Crippen molar-refractivity contribution in [2.75, 3.05) is 19.5 Å². The number of nitrogens with one attached hydrogen (secondary N) is 1. The van der Waals surface area contributed by atoms with E-state index in [4.69, 9.17) is 14.6 Å². The van der Waals surface area contributed by atoms with Crippen LogP contribution in [0, 0.1) is 0 Å². The van der Waals surface area contributed by atoms with Crippen molar-refractivity contribution < 1.29 is 19.1 Å². The molecule has 9 heteroatoms. The fraction of sp³-hybridized carbons (Fsp3) is 0.214. The number of thioether (sulfide) groups is 1. The highest BCUT2D eigenvalue weighted by atomic mass is 32.2. The van der Waals surface area contributed by atoms with Gasteiger partial charge in [-0.25, -0.2) is 5.01 Å². The van der Waals surface area contributed by atoms with Crippen LogP contribution in [0.25, 0.3) is 0 Å². The van der Waals surface area contributed by atoms with Crippen LogP contribution in [-0.4, -0.2) is 47.2 Å². The average molecular weight is 515 g/mol. The number of ether oxygens (including phenoxy) is 2. The predicted molar refractivity (Wildman–Crippen MR) is 145 cm³/mol. The summed E-state index contributed by atoms with van der Waals surface area (Å²) >= 11 is 1.26. The van der Waals surface area contributed by atoms with Crippen molar-refractivity contribution in [3.8, 4) is 11.5 Å². The second-order valence-corrected chi connectivity index (χ2v) is 9.68. The van der Waals surface area contributed by atoms with Gasteiger partial charge in [-0.3, -0.25) is 9.59 Å². The Labute approximate surface area is 219 Å². The number of amides is 2. The van der Waals surface area contributed by atoms with Gasteiger partial charge in [-0.15, -0.1) is 0 Å². The monoisotopic (exact) mass is 514 g/mol. The van der Waals surface area contributed by atoms with Gasteiger partial charge < -0.3 is 14.8 Å². The van der Waals surface area contributed by atoms with Crippen LogP contribution in [0.1, 0.15) is 30.0 Å². The maximum Gasteiger partial charge on any atom is 0.262 e. The van der Waals surface area contributed by atoms with Crippen molar-refractivity contribution in [3.63, 3.8) is 0 Å². The molecule has 2 aliphatic heterocycles. The number of anilines is 1. The molecule has 2 aliphatic rings. The Hall–Kier alpha value is -4.11. The molecule has 8 nitrogen and oxygen atoms in total. The van der Waals surface area contributed by atoms with Gasteiger partial charge in [-0.1, -0.05) is 72.4 Å². The quantitative estimate of drug-likeness (QED) is 0.483. The van der Waals surface area contributed by atoms with Crippen LogP contribution in [0.3, 0.4) is 0 Å². The number of nitrogens with zero attached hydrogens (tertiary/aromatic N) is 3. The highest BCUT2D eigenvalue weighted by molar-refractivity contribution is 8.15. The van der Waals surface area contributed by atoms with Crippen molar-refractivity contribution in [3.05, 3.63) is 90.0 Å². The number of para-hydroxylation sites is 3. The van der Waals surface area contributed by atoms with Gasteiger partial charge in [0.25, 0.3) is 5.91 Å². The molecular formula is C28H26N4O4S. The highest BCUT2D eigenvalue weighted by Gasteiger charge is 2.40. The van der Waals surface area contributed by atoms with Crippen molar-refractivity contribution in [2.45, 2.75) is 24.1 Å². The standard InChI is InChI=1S/C28H26N4O4S/c1-35-23-14-8-6-12-19(23)22-16-21(18-10-4-3-5-11-18)31-32(22)28-30-27(34)25(37-28)17-26(33)29-20-13-7-9-15-24(20)36-2/h3-15,22,25H,16-17H2,1-2H3,(H,29,33)/t22-,25+/m0/s1.